The van der Waals surface area contributed by atoms with Gasteiger partial charge in [-0.15, -0.1) is 0 Å². The summed E-state index contributed by atoms with van der Waals surface area (Å²) in [5.41, 5.74) is 4.83. The second kappa shape index (κ2) is 17.3. The number of H-pyrrole nitrogens is 1. The number of hydrogen-bond acceptors (Lipinski definition) is 9. The summed E-state index contributed by atoms with van der Waals surface area (Å²) in [6.45, 7) is 8.41. The van der Waals surface area contributed by atoms with Gasteiger partial charge in [0.15, 0.2) is 0 Å². The van der Waals surface area contributed by atoms with Crippen molar-refractivity contribution < 1.29 is 28.7 Å². The van der Waals surface area contributed by atoms with E-state index in [1.807, 2.05) is 76.0 Å². The topological polar surface area (TPSA) is 170 Å². The van der Waals surface area contributed by atoms with Gasteiger partial charge in [-0.3, -0.25) is 9.59 Å². The van der Waals surface area contributed by atoms with Gasteiger partial charge in [0.25, 0.3) is 0 Å². The lowest BCUT2D eigenvalue weighted by atomic mass is 10.0. The molecule has 54 heavy (non-hydrogen) atoms. The zero-order valence-corrected chi connectivity index (χ0v) is 32.1. The largest absolute Gasteiger partial charge is 0.453 e. The number of rotatable bonds is 12. The molecule has 1 saturated heterocycles. The number of likely N-dealkylation sites (tertiary alicyclic amines) is 1. The second-order valence-corrected chi connectivity index (χ2v) is 14.3. The Kier molecular flexibility index (Phi) is 12.6. The quantitative estimate of drug-likeness (QED) is 0.170. The highest BCUT2D eigenvalue weighted by Crippen LogP contribution is 2.53. The summed E-state index contributed by atoms with van der Waals surface area (Å²) >= 11 is 0. The average Bonchev–Trinajstić information content (AvgIpc) is 3.61. The molecule has 5 N–H and O–H groups in total. The van der Waals surface area contributed by atoms with Crippen LogP contribution >= 0.6 is 0 Å². The standard InChI is InChI=1S/C40H50N8O6/c1-23(2)34(45-39(51)53-7)37(49)47(6)18-17-42-30-19-25(13-15-28(30)41-5)11-9-10-12-26-14-16-29-31(20-26)44-36(43-29)33-22-27-21-32(27)48(33)38(50)35(24(3)4)46-40(52)54-8/h13-16,19-20,23-24,27,32-35,41-42H,17-18,21-22H2,1-8H3,(H,43,44)(H,45,51)(H,46,52)/t27-,32-,33+,34+,35+/m1/s1. The van der Waals surface area contributed by atoms with Gasteiger partial charge in [0.05, 0.1) is 42.7 Å². The number of fused-ring (bicyclic) bond motifs is 2. The molecule has 2 aliphatic rings. The minimum absolute atomic E-state index is 0.109. The maximum absolute atomic E-state index is 13.7. The number of hydrogen-bond donors (Lipinski definition) is 5. The first-order chi connectivity index (χ1) is 25.8. The highest BCUT2D eigenvalue weighted by Gasteiger charge is 2.56. The highest BCUT2D eigenvalue weighted by molar-refractivity contribution is 5.88. The van der Waals surface area contributed by atoms with E-state index in [0.29, 0.717) is 19.0 Å². The van der Waals surface area contributed by atoms with E-state index in [-0.39, 0.29) is 35.7 Å². The van der Waals surface area contributed by atoms with Crippen molar-refractivity contribution in [1.82, 2.24) is 30.4 Å². The zero-order valence-electron chi connectivity index (χ0n) is 32.1. The fraction of sp³-hybridized carbons (Fsp3) is 0.475. The van der Waals surface area contributed by atoms with Crippen LogP contribution in [0.1, 0.15) is 63.5 Å². The van der Waals surface area contributed by atoms with E-state index in [9.17, 15) is 19.2 Å². The van der Waals surface area contributed by atoms with E-state index < -0.39 is 24.3 Å². The minimum atomic E-state index is -0.693. The molecule has 0 spiro atoms. The predicted octanol–water partition coefficient (Wildman–Crippen LogP) is 4.30. The Balaban J connectivity index is 1.23. The highest BCUT2D eigenvalue weighted by atomic mass is 16.5. The molecule has 4 amide bonds. The van der Waals surface area contributed by atoms with Gasteiger partial charge in [-0.25, -0.2) is 14.6 Å². The average molecular weight is 739 g/mol. The van der Waals surface area contributed by atoms with E-state index in [0.717, 1.165) is 52.2 Å². The van der Waals surface area contributed by atoms with Crippen LogP contribution in [-0.4, -0.2) is 103 Å². The van der Waals surface area contributed by atoms with Crippen LogP contribution in [0.2, 0.25) is 0 Å². The van der Waals surface area contributed by atoms with Gasteiger partial charge in [0, 0.05) is 44.4 Å². The van der Waals surface area contributed by atoms with Crippen molar-refractivity contribution in [3.63, 3.8) is 0 Å². The van der Waals surface area contributed by atoms with Crippen molar-refractivity contribution in [2.24, 2.45) is 17.8 Å². The van der Waals surface area contributed by atoms with Crippen molar-refractivity contribution in [2.45, 2.75) is 64.7 Å². The Morgan fingerprint density at radius 3 is 2.17 bits per heavy atom. The van der Waals surface area contributed by atoms with E-state index in [4.69, 9.17) is 9.72 Å². The summed E-state index contributed by atoms with van der Waals surface area (Å²) in [4.78, 5) is 62.2. The van der Waals surface area contributed by atoms with E-state index in [1.54, 1.807) is 11.9 Å². The summed E-state index contributed by atoms with van der Waals surface area (Å²) in [6, 6.07) is 10.0. The van der Waals surface area contributed by atoms with Crippen LogP contribution in [-0.2, 0) is 19.1 Å². The molecule has 286 valence electrons. The minimum Gasteiger partial charge on any atom is -0.453 e. The van der Waals surface area contributed by atoms with E-state index in [2.05, 4.69) is 54.7 Å². The summed E-state index contributed by atoms with van der Waals surface area (Å²) in [7, 11) is 6.09. The summed E-state index contributed by atoms with van der Waals surface area (Å²) in [6.07, 6.45) is 0.509. The number of methoxy groups -OCH3 is 2. The number of carbonyl (C=O) groups is 4. The van der Waals surface area contributed by atoms with Gasteiger partial charge in [-0.2, -0.15) is 0 Å². The Hall–Kier alpha value is -5.89. The number of likely N-dealkylation sites (N-methyl/N-ethyl adjacent to an activating group) is 1. The van der Waals surface area contributed by atoms with Crippen molar-refractivity contribution >= 4 is 46.4 Å². The fourth-order valence-corrected chi connectivity index (χ4v) is 6.74. The van der Waals surface area contributed by atoms with Crippen LogP contribution in [0.25, 0.3) is 11.0 Å². The summed E-state index contributed by atoms with van der Waals surface area (Å²) in [5, 5.41) is 11.9. The Morgan fingerprint density at radius 1 is 0.907 bits per heavy atom. The predicted molar refractivity (Wildman–Crippen MR) is 206 cm³/mol. The number of piperidine rings is 1. The van der Waals surface area contributed by atoms with Crippen LogP contribution < -0.4 is 21.3 Å². The molecule has 2 aromatic carbocycles. The maximum atomic E-state index is 13.7. The molecule has 14 heteroatoms. The number of imidazole rings is 1. The van der Waals surface area contributed by atoms with Crippen molar-refractivity contribution in [3.05, 3.63) is 53.3 Å². The van der Waals surface area contributed by atoms with Crippen molar-refractivity contribution in [3.8, 4) is 23.7 Å². The SMILES string of the molecule is CNc1ccc(C#CC#Cc2ccc3nc([C@@H]4C[C@H]5C[C@H]5N4C(=O)[C@@H](NC(=O)OC)C(C)C)[nH]c3c2)cc1NCCN(C)C(=O)[C@@H](NC(=O)OC)C(C)C. The number of alkyl carbamates (subject to hydrolysis) is 2. The van der Waals surface area contributed by atoms with Crippen LogP contribution in [0.4, 0.5) is 21.0 Å². The molecule has 1 aliphatic carbocycles. The number of nitrogens with one attached hydrogen (secondary N) is 5. The fourth-order valence-electron chi connectivity index (χ4n) is 6.74. The smallest absolute Gasteiger partial charge is 0.407 e. The summed E-state index contributed by atoms with van der Waals surface area (Å²) in [5.74, 6) is 12.7. The van der Waals surface area contributed by atoms with Crippen LogP contribution in [0.3, 0.4) is 0 Å². The Labute approximate surface area is 316 Å². The number of benzene rings is 2. The molecule has 1 aliphatic heterocycles. The number of anilines is 2. The number of ether oxygens (including phenoxy) is 2. The lowest BCUT2D eigenvalue weighted by Gasteiger charge is -2.31. The zero-order chi connectivity index (χ0) is 39.1. The molecule has 0 unspecified atom stereocenters. The van der Waals surface area contributed by atoms with Gasteiger partial charge < -0.3 is 45.5 Å². The lowest BCUT2D eigenvalue weighted by Crippen LogP contribution is -2.52. The number of nitrogens with zero attached hydrogens (tertiary/aromatic N) is 3. The molecule has 2 fully saturated rings. The van der Waals surface area contributed by atoms with Crippen LogP contribution in [0.15, 0.2) is 36.4 Å². The van der Waals surface area contributed by atoms with E-state index in [1.165, 1.54) is 14.2 Å². The van der Waals surface area contributed by atoms with Crippen molar-refractivity contribution in [2.75, 3.05) is 52.0 Å². The monoisotopic (exact) mass is 738 g/mol. The van der Waals surface area contributed by atoms with Crippen molar-refractivity contribution in [1.29, 1.82) is 0 Å². The number of amides is 4. The lowest BCUT2D eigenvalue weighted by molar-refractivity contribution is -0.136. The Morgan fingerprint density at radius 2 is 1.54 bits per heavy atom. The first-order valence-corrected chi connectivity index (χ1v) is 18.2. The number of aromatic amines is 1. The molecule has 1 aromatic heterocycles. The van der Waals surface area contributed by atoms with Crippen LogP contribution in [0.5, 0.6) is 0 Å². The first-order valence-electron chi connectivity index (χ1n) is 18.2. The third-order valence-electron chi connectivity index (χ3n) is 9.86. The van der Waals surface area contributed by atoms with Gasteiger partial charge in [-0.05, 0) is 78.8 Å². The maximum Gasteiger partial charge on any atom is 0.407 e. The molecule has 2 heterocycles. The molecule has 3 aromatic rings. The molecule has 5 atom stereocenters. The third-order valence-corrected chi connectivity index (χ3v) is 9.86. The third kappa shape index (κ3) is 9.18. The molecule has 0 bridgehead atoms. The number of carbonyl (C=O) groups excluding carboxylic acids is 4. The van der Waals surface area contributed by atoms with Gasteiger partial charge >= 0.3 is 12.2 Å². The van der Waals surface area contributed by atoms with Gasteiger partial charge in [-0.1, -0.05) is 39.5 Å². The first kappa shape index (κ1) is 39.3. The van der Waals surface area contributed by atoms with Gasteiger partial charge in [0.1, 0.15) is 17.9 Å². The van der Waals surface area contributed by atoms with Crippen LogP contribution in [0, 0.1) is 41.4 Å². The second-order valence-electron chi connectivity index (χ2n) is 14.3. The Bertz CT molecular complexity index is 2000. The van der Waals surface area contributed by atoms with E-state index >= 15 is 0 Å². The molecule has 14 nitrogen and oxygen atoms in total. The van der Waals surface area contributed by atoms with Gasteiger partial charge in [0.2, 0.25) is 11.8 Å². The number of aromatic nitrogens is 2. The summed E-state index contributed by atoms with van der Waals surface area (Å²) < 4.78 is 9.45. The molecule has 5 rings (SSSR count). The molecule has 1 saturated carbocycles. The molecular weight excluding hydrogens is 688 g/mol. The molecular formula is C40H50N8O6. The normalized spacial score (nSPS) is 18.0. The molecule has 0 radical (unpaired) electrons.